The molecule has 0 aromatic heterocycles. The Balaban J connectivity index is 1.63. The Morgan fingerprint density at radius 3 is 2.37 bits per heavy atom. The first kappa shape index (κ1) is 15.0. The van der Waals surface area contributed by atoms with Crippen LogP contribution in [0.2, 0.25) is 5.02 Å². The topological polar surface area (TPSA) is 91.3 Å². The summed E-state index contributed by atoms with van der Waals surface area (Å²) in [5.41, 5.74) is -0.793. The molecule has 1 aliphatic heterocycles. The Labute approximate surface area is 167 Å². The van der Waals surface area contributed by atoms with Crippen LogP contribution in [0.3, 0.4) is 0 Å². The van der Waals surface area contributed by atoms with Crippen LogP contribution in [0.25, 0.3) is 0 Å². The van der Waals surface area contributed by atoms with Gasteiger partial charge in [-0.25, -0.2) is 4.89 Å². The van der Waals surface area contributed by atoms with E-state index >= 15 is 0 Å². The summed E-state index contributed by atoms with van der Waals surface area (Å²) < 4.78 is 64.9. The van der Waals surface area contributed by atoms with E-state index in [1.54, 1.807) is 0 Å². The number of benzene rings is 1. The van der Waals surface area contributed by atoms with E-state index < -0.39 is 28.8 Å². The molecule has 27 heavy (non-hydrogen) atoms. The predicted octanol–water partition coefficient (Wildman–Crippen LogP) is 3.48. The maximum absolute atomic E-state index is 11.2. The van der Waals surface area contributed by atoms with Crippen LogP contribution in [-0.2, 0) is 30.7 Å². The fraction of sp³-hybridized carbons (Fsp3) is 0.667. The summed E-state index contributed by atoms with van der Waals surface area (Å²) in [6.07, 6.45) is 4.76. The van der Waals surface area contributed by atoms with E-state index in [0.29, 0.717) is 11.8 Å². The lowest BCUT2D eigenvalue weighted by Crippen LogP contribution is -2.76. The first-order chi connectivity index (χ1) is 13.9. The van der Waals surface area contributed by atoms with E-state index in [9.17, 15) is 8.42 Å². The van der Waals surface area contributed by atoms with Crippen molar-refractivity contribution in [1.29, 1.82) is 0 Å². The SMILES string of the molecule is [2H]C([2H])([2H])OC1(c2ccc(Cl)c(OS(=O)(=O)O)c2)OOC12C1CC3CC(C1)CC2C3. The van der Waals surface area contributed by atoms with Gasteiger partial charge in [0.25, 0.3) is 5.79 Å². The molecule has 5 fully saturated rings. The molecule has 1 saturated heterocycles. The van der Waals surface area contributed by atoms with Crippen molar-refractivity contribution < 1.29 is 35.8 Å². The number of methoxy groups -OCH3 is 1. The van der Waals surface area contributed by atoms with Gasteiger partial charge in [0.15, 0.2) is 11.4 Å². The van der Waals surface area contributed by atoms with Crippen molar-refractivity contribution in [2.24, 2.45) is 23.7 Å². The Morgan fingerprint density at radius 1 is 1.19 bits per heavy atom. The molecule has 1 spiro atoms. The summed E-state index contributed by atoms with van der Waals surface area (Å²) >= 11 is 6.02. The second-order valence-electron chi connectivity index (χ2n) is 8.14. The van der Waals surface area contributed by atoms with E-state index in [1.807, 2.05) is 0 Å². The average molecular weight is 420 g/mol. The summed E-state index contributed by atoms with van der Waals surface area (Å²) in [7, 11) is -7.65. The van der Waals surface area contributed by atoms with E-state index in [0.717, 1.165) is 25.7 Å². The van der Waals surface area contributed by atoms with E-state index in [-0.39, 0.29) is 28.2 Å². The van der Waals surface area contributed by atoms with Gasteiger partial charge in [-0.1, -0.05) is 17.7 Å². The molecule has 0 amide bonds. The first-order valence-corrected chi connectivity index (χ1v) is 10.7. The van der Waals surface area contributed by atoms with Crippen molar-refractivity contribution in [3.8, 4) is 5.75 Å². The molecule has 1 aromatic carbocycles. The van der Waals surface area contributed by atoms with Crippen LogP contribution in [0.15, 0.2) is 18.2 Å². The molecule has 6 rings (SSSR count). The minimum atomic E-state index is -4.84. The van der Waals surface area contributed by atoms with Gasteiger partial charge in [0.1, 0.15) is 0 Å². The van der Waals surface area contributed by atoms with E-state index in [2.05, 4.69) is 4.18 Å². The second kappa shape index (κ2) is 5.81. The van der Waals surface area contributed by atoms with Crippen LogP contribution < -0.4 is 4.18 Å². The van der Waals surface area contributed by atoms with Crippen molar-refractivity contribution in [2.75, 3.05) is 7.04 Å². The third-order valence-electron chi connectivity index (χ3n) is 6.81. The van der Waals surface area contributed by atoms with Crippen LogP contribution in [0, 0.1) is 23.7 Å². The Kier molecular flexibility index (Phi) is 3.23. The molecule has 1 aromatic rings. The molecule has 7 nitrogen and oxygen atoms in total. The molecule has 4 bridgehead atoms. The van der Waals surface area contributed by atoms with Crippen LogP contribution in [0.1, 0.15) is 41.8 Å². The van der Waals surface area contributed by atoms with Crippen LogP contribution in [0.5, 0.6) is 5.75 Å². The van der Waals surface area contributed by atoms with Crippen LogP contribution >= 0.6 is 11.6 Å². The molecule has 1 heterocycles. The van der Waals surface area contributed by atoms with E-state index in [4.69, 9.17) is 34.8 Å². The molecule has 5 aliphatic rings. The highest BCUT2D eigenvalue weighted by Crippen LogP contribution is 2.69. The van der Waals surface area contributed by atoms with Crippen molar-refractivity contribution in [1.82, 2.24) is 0 Å². The highest BCUT2D eigenvalue weighted by molar-refractivity contribution is 7.81. The standard InChI is InChI=1S/C18H21ClO7S/c1-23-18(12-2-3-15(19)16(9-12)24-27(20,21)22)17(25-26-18)13-5-10-4-11(7-13)8-14(17)6-10/h2-3,9-11,13-14H,4-8H2,1H3,(H,20,21,22)/i1D3. The van der Waals surface area contributed by atoms with Gasteiger partial charge in [0.2, 0.25) is 0 Å². The third kappa shape index (κ3) is 2.44. The molecule has 1 atom stereocenters. The fourth-order valence-electron chi connectivity index (χ4n) is 6.09. The summed E-state index contributed by atoms with van der Waals surface area (Å²) in [5, 5.41) is -0.0835. The number of ether oxygens (including phenoxy) is 1. The molecule has 9 heteroatoms. The normalized spacial score (nSPS) is 44.4. The van der Waals surface area contributed by atoms with Gasteiger partial charge >= 0.3 is 10.4 Å². The molecule has 0 radical (unpaired) electrons. The quantitative estimate of drug-likeness (QED) is 0.590. The van der Waals surface area contributed by atoms with Gasteiger partial charge in [-0.05, 0) is 67.9 Å². The summed E-state index contributed by atoms with van der Waals surface area (Å²) in [6.45, 7) is 0. The minimum absolute atomic E-state index is 0.0477. The summed E-state index contributed by atoms with van der Waals surface area (Å²) in [6, 6.07) is 4.06. The van der Waals surface area contributed by atoms with Crippen molar-refractivity contribution >= 4 is 22.0 Å². The van der Waals surface area contributed by atoms with E-state index in [1.165, 1.54) is 24.6 Å². The van der Waals surface area contributed by atoms with Crippen molar-refractivity contribution in [3.63, 3.8) is 0 Å². The average Bonchev–Trinajstić information content (AvgIpc) is 2.58. The smallest absolute Gasteiger partial charge is 0.360 e. The zero-order chi connectivity index (χ0) is 21.5. The fourth-order valence-corrected chi connectivity index (χ4v) is 6.65. The van der Waals surface area contributed by atoms with Crippen molar-refractivity contribution in [3.05, 3.63) is 28.8 Å². The largest absolute Gasteiger partial charge is 0.446 e. The number of rotatable bonds is 4. The van der Waals surface area contributed by atoms with Gasteiger partial charge in [-0.2, -0.15) is 13.3 Å². The lowest BCUT2D eigenvalue weighted by Gasteiger charge is -2.68. The Morgan fingerprint density at radius 2 is 1.85 bits per heavy atom. The van der Waals surface area contributed by atoms with Gasteiger partial charge in [-0.3, -0.25) is 4.55 Å². The highest BCUT2D eigenvalue weighted by atomic mass is 35.5. The molecule has 1 N–H and O–H groups in total. The Hall–Kier alpha value is -0.900. The van der Waals surface area contributed by atoms with Crippen molar-refractivity contribution in [2.45, 2.75) is 43.5 Å². The number of hydrogen-bond donors (Lipinski definition) is 1. The van der Waals surface area contributed by atoms with Gasteiger partial charge in [-0.15, -0.1) is 0 Å². The number of halogens is 1. The van der Waals surface area contributed by atoms with Gasteiger partial charge < -0.3 is 8.92 Å². The first-order valence-electron chi connectivity index (χ1n) is 10.5. The molecule has 1 unspecified atom stereocenters. The molecule has 148 valence electrons. The molecular formula is C18H21ClO7S. The minimum Gasteiger partial charge on any atom is -0.360 e. The highest BCUT2D eigenvalue weighted by Gasteiger charge is 2.76. The zero-order valence-electron chi connectivity index (χ0n) is 17.3. The lowest BCUT2D eigenvalue weighted by atomic mass is 9.47. The second-order valence-corrected chi connectivity index (χ2v) is 9.57. The lowest BCUT2D eigenvalue weighted by molar-refractivity contribution is -0.645. The molecular weight excluding hydrogens is 396 g/mol. The zero-order valence-corrected chi connectivity index (χ0v) is 15.8. The van der Waals surface area contributed by atoms with Crippen LogP contribution in [-0.4, -0.2) is 25.6 Å². The summed E-state index contributed by atoms with van der Waals surface area (Å²) in [4.78, 5) is 11.3. The van der Waals surface area contributed by atoms with Crippen LogP contribution in [0.4, 0.5) is 0 Å². The third-order valence-corrected chi connectivity index (χ3v) is 7.51. The molecule has 4 aliphatic carbocycles. The molecule has 4 saturated carbocycles. The maximum atomic E-state index is 11.2. The predicted molar refractivity (Wildman–Crippen MR) is 94.3 cm³/mol. The monoisotopic (exact) mass is 419 g/mol. The summed E-state index contributed by atoms with van der Waals surface area (Å²) in [5.74, 6) is -0.881. The number of hydrogen-bond acceptors (Lipinski definition) is 6. The van der Waals surface area contributed by atoms with Gasteiger partial charge in [0, 0.05) is 12.6 Å². The van der Waals surface area contributed by atoms with Gasteiger partial charge in [0.05, 0.1) is 9.13 Å². The Bertz CT molecular complexity index is 954. The maximum Gasteiger partial charge on any atom is 0.446 e.